The van der Waals surface area contributed by atoms with E-state index in [-0.39, 0.29) is 6.10 Å². The monoisotopic (exact) mass is 176 g/mol. The van der Waals surface area contributed by atoms with Crippen LogP contribution in [0.5, 0.6) is 0 Å². The second-order valence-corrected chi connectivity index (χ2v) is 5.57. The molecule has 4 bridgehead atoms. The van der Waals surface area contributed by atoms with Crippen LogP contribution < -0.4 is 0 Å². The molecular formula is C12H16O. The minimum absolute atomic E-state index is 0.0546. The SMILES string of the molecule is O[C@H]1C[C@H]2C[C@H]1[C@@H]1[C@@H]2[C@H]2C=C[C@H]1C2. The van der Waals surface area contributed by atoms with Gasteiger partial charge < -0.3 is 5.11 Å². The molecule has 0 aromatic heterocycles. The van der Waals surface area contributed by atoms with Crippen LogP contribution in [-0.4, -0.2) is 11.2 Å². The summed E-state index contributed by atoms with van der Waals surface area (Å²) >= 11 is 0. The van der Waals surface area contributed by atoms with Crippen LogP contribution in [-0.2, 0) is 0 Å². The van der Waals surface area contributed by atoms with Crippen molar-refractivity contribution in [2.24, 2.45) is 35.5 Å². The molecule has 1 nitrogen and oxygen atoms in total. The molecule has 1 heteroatoms. The zero-order chi connectivity index (χ0) is 8.58. The van der Waals surface area contributed by atoms with Gasteiger partial charge in [-0.2, -0.15) is 0 Å². The van der Waals surface area contributed by atoms with E-state index >= 15 is 0 Å². The van der Waals surface area contributed by atoms with Gasteiger partial charge in [-0.05, 0) is 54.8 Å². The molecule has 4 aliphatic rings. The summed E-state index contributed by atoms with van der Waals surface area (Å²) in [7, 11) is 0. The molecule has 0 heterocycles. The van der Waals surface area contributed by atoms with E-state index in [1.54, 1.807) is 0 Å². The first-order chi connectivity index (χ1) is 6.34. The lowest BCUT2D eigenvalue weighted by molar-refractivity contribution is 0.0484. The van der Waals surface area contributed by atoms with Crippen LogP contribution in [0, 0.1) is 35.5 Å². The average Bonchev–Trinajstić information content (AvgIpc) is 2.78. The Labute approximate surface area is 78.8 Å². The molecule has 0 saturated heterocycles. The van der Waals surface area contributed by atoms with Gasteiger partial charge in [-0.15, -0.1) is 0 Å². The Balaban J connectivity index is 1.79. The van der Waals surface area contributed by atoms with Crippen LogP contribution in [0.1, 0.15) is 19.3 Å². The van der Waals surface area contributed by atoms with Gasteiger partial charge in [0.2, 0.25) is 0 Å². The molecule has 1 N–H and O–H groups in total. The normalized spacial score (nSPS) is 66.4. The largest absolute Gasteiger partial charge is 0.393 e. The van der Waals surface area contributed by atoms with Crippen molar-refractivity contribution in [1.29, 1.82) is 0 Å². The van der Waals surface area contributed by atoms with Gasteiger partial charge in [-0.1, -0.05) is 12.2 Å². The number of rotatable bonds is 0. The van der Waals surface area contributed by atoms with Crippen LogP contribution in [0.3, 0.4) is 0 Å². The van der Waals surface area contributed by atoms with Crippen molar-refractivity contribution in [1.82, 2.24) is 0 Å². The summed E-state index contributed by atoms with van der Waals surface area (Å²) in [5.41, 5.74) is 0. The molecule has 4 aliphatic carbocycles. The van der Waals surface area contributed by atoms with E-state index in [1.165, 1.54) is 12.8 Å². The smallest absolute Gasteiger partial charge is 0.0574 e. The molecule has 0 aliphatic heterocycles. The van der Waals surface area contributed by atoms with E-state index in [1.807, 2.05) is 0 Å². The van der Waals surface area contributed by atoms with Crippen LogP contribution in [0.15, 0.2) is 12.2 Å². The van der Waals surface area contributed by atoms with Gasteiger partial charge in [-0.25, -0.2) is 0 Å². The third-order valence-corrected chi connectivity index (χ3v) is 5.24. The lowest BCUT2D eigenvalue weighted by Crippen LogP contribution is -2.33. The number of fused-ring (bicyclic) bond motifs is 9. The van der Waals surface area contributed by atoms with Gasteiger partial charge >= 0.3 is 0 Å². The van der Waals surface area contributed by atoms with Gasteiger partial charge in [0.25, 0.3) is 0 Å². The van der Waals surface area contributed by atoms with Gasteiger partial charge in [0, 0.05) is 0 Å². The zero-order valence-corrected chi connectivity index (χ0v) is 7.76. The van der Waals surface area contributed by atoms with Crippen molar-refractivity contribution in [3.63, 3.8) is 0 Å². The highest BCUT2D eigenvalue weighted by Gasteiger charge is 2.60. The summed E-state index contributed by atoms with van der Waals surface area (Å²) in [5, 5.41) is 9.87. The molecule has 0 unspecified atom stereocenters. The summed E-state index contributed by atoms with van der Waals surface area (Å²) in [4.78, 5) is 0. The van der Waals surface area contributed by atoms with Crippen molar-refractivity contribution in [3.05, 3.63) is 12.2 Å². The number of aliphatic hydroxyl groups excluding tert-OH is 1. The third kappa shape index (κ3) is 0.665. The molecule has 13 heavy (non-hydrogen) atoms. The summed E-state index contributed by atoms with van der Waals surface area (Å²) in [6.45, 7) is 0. The average molecular weight is 176 g/mol. The first-order valence-corrected chi connectivity index (χ1v) is 5.71. The Morgan fingerprint density at radius 3 is 2.54 bits per heavy atom. The van der Waals surface area contributed by atoms with Crippen molar-refractivity contribution >= 4 is 0 Å². The summed E-state index contributed by atoms with van der Waals surface area (Å²) in [6, 6.07) is 0. The molecule has 3 fully saturated rings. The van der Waals surface area contributed by atoms with E-state index in [2.05, 4.69) is 12.2 Å². The van der Waals surface area contributed by atoms with Gasteiger partial charge in [0.15, 0.2) is 0 Å². The fourth-order valence-electron chi connectivity index (χ4n) is 4.98. The number of hydrogen-bond donors (Lipinski definition) is 1. The number of aliphatic hydroxyl groups is 1. The van der Waals surface area contributed by atoms with Crippen LogP contribution in [0.4, 0.5) is 0 Å². The quantitative estimate of drug-likeness (QED) is 0.441. The van der Waals surface area contributed by atoms with Crippen molar-refractivity contribution in [2.75, 3.05) is 0 Å². The van der Waals surface area contributed by atoms with E-state index < -0.39 is 0 Å². The summed E-state index contributed by atoms with van der Waals surface area (Å²) < 4.78 is 0. The minimum Gasteiger partial charge on any atom is -0.393 e. The van der Waals surface area contributed by atoms with Gasteiger partial charge in [0.1, 0.15) is 0 Å². The van der Waals surface area contributed by atoms with Gasteiger partial charge in [0.05, 0.1) is 6.10 Å². The molecule has 7 atom stereocenters. The molecule has 0 aromatic carbocycles. The maximum Gasteiger partial charge on any atom is 0.0574 e. The fourth-order valence-corrected chi connectivity index (χ4v) is 4.98. The van der Waals surface area contributed by atoms with Crippen molar-refractivity contribution < 1.29 is 5.11 Å². The maximum absolute atomic E-state index is 9.87. The van der Waals surface area contributed by atoms with E-state index in [9.17, 15) is 5.11 Å². The highest BCUT2D eigenvalue weighted by Crippen LogP contribution is 2.65. The molecule has 0 aromatic rings. The van der Waals surface area contributed by atoms with Crippen molar-refractivity contribution in [2.45, 2.75) is 25.4 Å². The Morgan fingerprint density at radius 2 is 1.69 bits per heavy atom. The lowest BCUT2D eigenvalue weighted by Gasteiger charge is -2.34. The van der Waals surface area contributed by atoms with Gasteiger partial charge in [-0.3, -0.25) is 0 Å². The molecule has 0 spiro atoms. The standard InChI is InChI=1S/C12H16O/c13-10-5-8-4-9(10)12-7-2-1-6(3-7)11(8)12/h1-2,6-13H,3-5H2/t6-,7-,8+,9+,10-,11+,12+/m0/s1. The van der Waals surface area contributed by atoms with E-state index in [0.717, 1.165) is 36.0 Å². The summed E-state index contributed by atoms with van der Waals surface area (Å²) in [5.74, 6) is 5.16. The van der Waals surface area contributed by atoms with Crippen molar-refractivity contribution in [3.8, 4) is 0 Å². The third-order valence-electron chi connectivity index (χ3n) is 5.24. The Hall–Kier alpha value is -0.300. The van der Waals surface area contributed by atoms with Crippen LogP contribution in [0.2, 0.25) is 0 Å². The Kier molecular flexibility index (Phi) is 1.10. The highest BCUT2D eigenvalue weighted by molar-refractivity contribution is 5.20. The molecule has 0 amide bonds. The molecule has 0 radical (unpaired) electrons. The highest BCUT2D eigenvalue weighted by atomic mass is 16.3. The van der Waals surface area contributed by atoms with E-state index in [0.29, 0.717) is 5.92 Å². The molecular weight excluding hydrogens is 160 g/mol. The molecule has 3 saturated carbocycles. The van der Waals surface area contributed by atoms with Crippen LogP contribution in [0.25, 0.3) is 0 Å². The minimum atomic E-state index is 0.0546. The van der Waals surface area contributed by atoms with Crippen LogP contribution >= 0.6 is 0 Å². The summed E-state index contributed by atoms with van der Waals surface area (Å²) in [6.07, 6.45) is 8.81. The predicted molar refractivity (Wildman–Crippen MR) is 49.9 cm³/mol. The lowest BCUT2D eigenvalue weighted by atomic mass is 9.72. The Bertz CT molecular complexity index is 283. The number of allylic oxidation sites excluding steroid dienone is 2. The molecule has 70 valence electrons. The second-order valence-electron chi connectivity index (χ2n) is 5.57. The number of hydrogen-bond acceptors (Lipinski definition) is 1. The maximum atomic E-state index is 9.87. The molecule has 4 rings (SSSR count). The predicted octanol–water partition coefficient (Wildman–Crippen LogP) is 1.83. The topological polar surface area (TPSA) is 20.2 Å². The first kappa shape index (κ1) is 7.05. The Morgan fingerprint density at radius 1 is 0.923 bits per heavy atom. The fraction of sp³-hybridized carbons (Fsp3) is 0.833. The second kappa shape index (κ2) is 2.03. The zero-order valence-electron chi connectivity index (χ0n) is 7.76. The first-order valence-electron chi connectivity index (χ1n) is 5.71. The van der Waals surface area contributed by atoms with E-state index in [4.69, 9.17) is 0 Å².